The third-order valence-corrected chi connectivity index (χ3v) is 3.89. The Morgan fingerprint density at radius 2 is 1.79 bits per heavy atom. The topological polar surface area (TPSA) is 114 Å². The molecule has 0 spiro atoms. The Morgan fingerprint density at radius 1 is 1.04 bits per heavy atom. The maximum atomic E-state index is 11.6. The Hall–Kier alpha value is -3.81. The van der Waals surface area contributed by atoms with E-state index >= 15 is 0 Å². The van der Waals surface area contributed by atoms with E-state index in [1.165, 1.54) is 18.2 Å². The molecule has 1 aliphatic rings. The molecule has 8 heteroatoms. The summed E-state index contributed by atoms with van der Waals surface area (Å²) < 4.78 is 11.4. The summed E-state index contributed by atoms with van der Waals surface area (Å²) in [6, 6.07) is 11.0. The molecule has 0 bridgehead atoms. The van der Waals surface area contributed by atoms with E-state index in [1.54, 1.807) is 30.3 Å². The summed E-state index contributed by atoms with van der Waals surface area (Å²) in [6.45, 7) is 2.49. The van der Waals surface area contributed by atoms with Gasteiger partial charge >= 0.3 is 12.0 Å². The SMILES string of the molecule is CCOc1cc(C=C2NC(=O)NC2=O)ccc1OCc1ccc(C(=O)O)cc1. The van der Waals surface area contributed by atoms with E-state index in [9.17, 15) is 14.4 Å². The van der Waals surface area contributed by atoms with Crippen LogP contribution < -0.4 is 20.1 Å². The van der Waals surface area contributed by atoms with Crippen LogP contribution in [-0.2, 0) is 11.4 Å². The zero-order chi connectivity index (χ0) is 20.1. The second-order valence-corrected chi connectivity index (χ2v) is 5.90. The standard InChI is InChI=1S/C20H18N2O6/c1-2-27-17-10-13(9-15-18(23)22-20(26)21-15)5-8-16(17)28-11-12-3-6-14(7-4-12)19(24)25/h3-10H,2,11H2,1H3,(H,24,25)(H2,21,22,23,26). The highest BCUT2D eigenvalue weighted by Crippen LogP contribution is 2.30. The lowest BCUT2D eigenvalue weighted by atomic mass is 10.1. The number of carboxylic acids is 1. The molecule has 0 aliphatic carbocycles. The fourth-order valence-electron chi connectivity index (χ4n) is 2.56. The Balaban J connectivity index is 1.75. The lowest BCUT2D eigenvalue weighted by Gasteiger charge is -2.13. The third-order valence-electron chi connectivity index (χ3n) is 3.89. The fraction of sp³-hybridized carbons (Fsp3) is 0.150. The summed E-state index contributed by atoms with van der Waals surface area (Å²) >= 11 is 0. The second kappa shape index (κ2) is 8.26. The number of aromatic carboxylic acids is 1. The lowest BCUT2D eigenvalue weighted by molar-refractivity contribution is -0.115. The molecule has 1 aliphatic heterocycles. The molecule has 0 aromatic heterocycles. The molecule has 3 N–H and O–H groups in total. The van der Waals surface area contributed by atoms with Crippen LogP contribution in [0.25, 0.3) is 6.08 Å². The van der Waals surface area contributed by atoms with Crippen molar-refractivity contribution in [2.45, 2.75) is 13.5 Å². The van der Waals surface area contributed by atoms with Gasteiger partial charge in [0.2, 0.25) is 0 Å². The molecule has 1 saturated heterocycles. The largest absolute Gasteiger partial charge is 0.490 e. The van der Waals surface area contributed by atoms with E-state index in [2.05, 4.69) is 10.6 Å². The molecule has 0 saturated carbocycles. The summed E-state index contributed by atoms with van der Waals surface area (Å²) in [5.74, 6) is -0.481. The number of ether oxygens (including phenoxy) is 2. The smallest absolute Gasteiger partial charge is 0.335 e. The summed E-state index contributed by atoms with van der Waals surface area (Å²) in [4.78, 5) is 33.7. The highest BCUT2D eigenvalue weighted by Gasteiger charge is 2.22. The first-order chi connectivity index (χ1) is 13.5. The van der Waals surface area contributed by atoms with E-state index in [0.717, 1.165) is 5.56 Å². The number of amides is 3. The van der Waals surface area contributed by atoms with Gasteiger partial charge in [-0.15, -0.1) is 0 Å². The highest BCUT2D eigenvalue weighted by molar-refractivity contribution is 6.14. The number of rotatable bonds is 7. The Bertz CT molecular complexity index is 950. The molecule has 0 unspecified atom stereocenters. The Kier molecular flexibility index (Phi) is 5.59. The quantitative estimate of drug-likeness (QED) is 0.501. The van der Waals surface area contributed by atoms with Crippen LogP contribution in [0.3, 0.4) is 0 Å². The molecule has 144 valence electrons. The maximum Gasteiger partial charge on any atom is 0.335 e. The van der Waals surface area contributed by atoms with Crippen LogP contribution >= 0.6 is 0 Å². The van der Waals surface area contributed by atoms with E-state index in [1.807, 2.05) is 6.92 Å². The predicted molar refractivity (Wildman–Crippen MR) is 100.0 cm³/mol. The molecule has 2 aromatic rings. The molecule has 28 heavy (non-hydrogen) atoms. The van der Waals surface area contributed by atoms with Crippen LogP contribution in [0.4, 0.5) is 4.79 Å². The van der Waals surface area contributed by atoms with Gasteiger partial charge in [0.1, 0.15) is 12.3 Å². The highest BCUT2D eigenvalue weighted by atomic mass is 16.5. The van der Waals surface area contributed by atoms with Gasteiger partial charge in [0.15, 0.2) is 11.5 Å². The molecule has 3 rings (SSSR count). The molecule has 3 amide bonds. The number of carbonyl (C=O) groups is 3. The van der Waals surface area contributed by atoms with Gasteiger partial charge < -0.3 is 19.9 Å². The van der Waals surface area contributed by atoms with Gasteiger partial charge in [0.25, 0.3) is 5.91 Å². The van der Waals surface area contributed by atoms with Crippen LogP contribution in [0.15, 0.2) is 48.2 Å². The van der Waals surface area contributed by atoms with Crippen LogP contribution in [0.5, 0.6) is 11.5 Å². The minimum absolute atomic E-state index is 0.152. The van der Waals surface area contributed by atoms with Crippen molar-refractivity contribution in [1.29, 1.82) is 0 Å². The number of hydrogen-bond acceptors (Lipinski definition) is 5. The van der Waals surface area contributed by atoms with E-state index < -0.39 is 17.9 Å². The summed E-state index contributed by atoms with van der Waals surface area (Å²) in [6.07, 6.45) is 1.54. The maximum absolute atomic E-state index is 11.6. The molecular weight excluding hydrogens is 364 g/mol. The monoisotopic (exact) mass is 382 g/mol. The van der Waals surface area contributed by atoms with Crippen molar-refractivity contribution in [2.24, 2.45) is 0 Å². The Morgan fingerprint density at radius 3 is 2.39 bits per heavy atom. The van der Waals surface area contributed by atoms with Crippen molar-refractivity contribution in [3.8, 4) is 11.5 Å². The molecular formula is C20H18N2O6. The number of benzene rings is 2. The van der Waals surface area contributed by atoms with Crippen molar-refractivity contribution >= 4 is 24.0 Å². The van der Waals surface area contributed by atoms with Gasteiger partial charge in [-0.25, -0.2) is 9.59 Å². The number of carboxylic acid groups (broad SMARTS) is 1. The second-order valence-electron chi connectivity index (χ2n) is 5.90. The van der Waals surface area contributed by atoms with Crippen LogP contribution in [0.2, 0.25) is 0 Å². The van der Waals surface area contributed by atoms with E-state index in [0.29, 0.717) is 23.7 Å². The average molecular weight is 382 g/mol. The zero-order valence-electron chi connectivity index (χ0n) is 15.0. The van der Waals surface area contributed by atoms with Gasteiger partial charge in [0, 0.05) is 0 Å². The number of urea groups is 1. The van der Waals surface area contributed by atoms with Gasteiger partial charge in [-0.05, 0) is 48.4 Å². The summed E-state index contributed by atoms with van der Waals surface area (Å²) in [5, 5.41) is 13.5. The number of nitrogens with one attached hydrogen (secondary N) is 2. The normalized spacial score (nSPS) is 14.5. The van der Waals surface area contributed by atoms with E-state index in [-0.39, 0.29) is 17.9 Å². The molecule has 8 nitrogen and oxygen atoms in total. The Labute approximate surface area is 160 Å². The number of carbonyl (C=O) groups excluding carboxylic acids is 2. The molecule has 1 heterocycles. The van der Waals surface area contributed by atoms with Gasteiger partial charge in [-0.1, -0.05) is 18.2 Å². The van der Waals surface area contributed by atoms with Crippen molar-refractivity contribution in [3.63, 3.8) is 0 Å². The summed E-state index contributed by atoms with van der Waals surface area (Å²) in [5.41, 5.74) is 1.83. The van der Waals surface area contributed by atoms with Crippen LogP contribution in [0.1, 0.15) is 28.4 Å². The van der Waals surface area contributed by atoms with Crippen molar-refractivity contribution in [3.05, 3.63) is 64.9 Å². The molecule has 1 fully saturated rings. The molecule has 0 radical (unpaired) electrons. The average Bonchev–Trinajstić information content (AvgIpc) is 2.98. The van der Waals surface area contributed by atoms with Gasteiger partial charge in [0.05, 0.1) is 12.2 Å². The minimum atomic E-state index is -0.983. The number of imide groups is 1. The van der Waals surface area contributed by atoms with Crippen LogP contribution in [-0.4, -0.2) is 29.6 Å². The third kappa shape index (κ3) is 4.47. The number of hydrogen-bond donors (Lipinski definition) is 3. The first kappa shape index (κ1) is 19.0. The van der Waals surface area contributed by atoms with Gasteiger partial charge in [-0.2, -0.15) is 0 Å². The van der Waals surface area contributed by atoms with Crippen molar-refractivity contribution in [1.82, 2.24) is 10.6 Å². The first-order valence-electron chi connectivity index (χ1n) is 8.52. The van der Waals surface area contributed by atoms with E-state index in [4.69, 9.17) is 14.6 Å². The summed E-state index contributed by atoms with van der Waals surface area (Å²) in [7, 11) is 0. The zero-order valence-corrected chi connectivity index (χ0v) is 15.0. The molecule has 2 aromatic carbocycles. The fourth-order valence-corrected chi connectivity index (χ4v) is 2.56. The van der Waals surface area contributed by atoms with Crippen molar-refractivity contribution < 1.29 is 29.0 Å². The van der Waals surface area contributed by atoms with Gasteiger partial charge in [-0.3, -0.25) is 10.1 Å². The molecule has 0 atom stereocenters. The van der Waals surface area contributed by atoms with Crippen molar-refractivity contribution in [2.75, 3.05) is 6.61 Å². The van der Waals surface area contributed by atoms with Crippen LogP contribution in [0, 0.1) is 0 Å². The lowest BCUT2D eigenvalue weighted by Crippen LogP contribution is -2.22. The predicted octanol–water partition coefficient (Wildman–Crippen LogP) is 2.54. The first-order valence-corrected chi connectivity index (χ1v) is 8.52. The minimum Gasteiger partial charge on any atom is -0.490 e.